The molecule has 4 nitrogen and oxygen atoms in total. The van der Waals surface area contributed by atoms with Crippen LogP contribution < -0.4 is 0 Å². The molecule has 1 spiro atoms. The molecule has 0 aromatic heterocycles. The molecule has 0 aromatic carbocycles. The van der Waals surface area contributed by atoms with Crippen LogP contribution in [0, 0.1) is 103 Å². The summed E-state index contributed by atoms with van der Waals surface area (Å²) >= 11 is 0. The summed E-state index contributed by atoms with van der Waals surface area (Å²) in [4.78, 5) is 0. The van der Waals surface area contributed by atoms with E-state index >= 15 is 15.3 Å². The first-order valence-corrected chi connectivity index (χ1v) is 41.0. The fraction of sp³-hybridized carbons (Fsp3) is 0.775. The van der Waals surface area contributed by atoms with Crippen molar-refractivity contribution < 1.29 is 20.4 Å². The van der Waals surface area contributed by atoms with E-state index in [-0.39, 0.29) is 33.5 Å². The van der Waals surface area contributed by atoms with Crippen LogP contribution in [0.1, 0.15) is 304 Å². The van der Waals surface area contributed by atoms with Crippen molar-refractivity contribution in [1.82, 2.24) is 0 Å². The highest BCUT2D eigenvalue weighted by molar-refractivity contribution is 5.63. The number of fused-ring (bicyclic) bond motifs is 13. The van der Waals surface area contributed by atoms with Crippen molar-refractivity contribution in [1.29, 1.82) is 0 Å². The normalized spacial score (nSPS) is 53.4. The maximum atomic E-state index is 17.0. The highest BCUT2D eigenvalue weighted by atomic mass is 16.3. The van der Waals surface area contributed by atoms with Crippen LogP contribution in [0.2, 0.25) is 0 Å². The van der Waals surface area contributed by atoms with Crippen LogP contribution in [0.15, 0.2) is 111 Å². The molecular formula is C89H116O4. The molecule has 4 heteroatoms. The van der Waals surface area contributed by atoms with Crippen molar-refractivity contribution >= 4 is 0 Å². The molecule has 18 atom stereocenters. The zero-order valence-electron chi connectivity index (χ0n) is 58.3. The quantitative estimate of drug-likeness (QED) is 0.197. The standard InChI is InChI=1S/C89H116O4/c1-48-12-10-35-88(75-37-51-15-6-18-59(75)64-39-62(51)63(64)36-48)80(91)86-47-57-38-76(86)69-32-29-65(57)85(69,34-11-14-50(86)3)81(92)89-66-30-31-67(89)56-24-23-55(66)45-84(88,46-56)71-21-8-22-72(89)79(90)61-19-7-20-70(82(4)42-52-25-28-68(82)60-27-26-58(52)77(60)61)78(71)87-41-49(2)13-9-33-83(93)43-53-16-5-17-54(44-83)74(87)40-73(53)87/h48-50,61,63,70-72,75,77-81,90-93H,5-47H2,1-4H3/b73-53+,74-54+. The monoisotopic (exact) mass is 1250 g/mol. The van der Waals surface area contributed by atoms with Crippen molar-refractivity contribution in [3.63, 3.8) is 0 Å². The molecule has 0 aliphatic heterocycles. The third kappa shape index (κ3) is 6.66. The van der Waals surface area contributed by atoms with Crippen molar-refractivity contribution in [3.8, 4) is 0 Å². The Morgan fingerprint density at radius 2 is 1.09 bits per heavy atom. The van der Waals surface area contributed by atoms with Gasteiger partial charge >= 0.3 is 0 Å². The van der Waals surface area contributed by atoms with Gasteiger partial charge in [0.05, 0.1) is 23.9 Å². The van der Waals surface area contributed by atoms with E-state index in [1.165, 1.54) is 148 Å². The molecule has 29 rings (SSSR count). The molecular weight excluding hydrogens is 1130 g/mol. The minimum absolute atomic E-state index is 0.0188. The van der Waals surface area contributed by atoms with E-state index in [0.717, 1.165) is 128 Å². The van der Waals surface area contributed by atoms with Crippen molar-refractivity contribution in [3.05, 3.63) is 111 Å². The Kier molecular flexibility index (Phi) is 12.0. The van der Waals surface area contributed by atoms with E-state index in [2.05, 4.69) is 27.7 Å². The van der Waals surface area contributed by atoms with Crippen LogP contribution >= 0.6 is 0 Å². The Morgan fingerprint density at radius 3 is 1.90 bits per heavy atom. The Labute approximate surface area is 559 Å². The fourth-order valence-corrected chi connectivity index (χ4v) is 34.4. The van der Waals surface area contributed by atoms with Gasteiger partial charge in [0.15, 0.2) is 0 Å². The van der Waals surface area contributed by atoms with E-state index < -0.39 is 40.2 Å². The summed E-state index contributed by atoms with van der Waals surface area (Å²) in [6.45, 7) is 11.1. The van der Waals surface area contributed by atoms with Gasteiger partial charge in [0, 0.05) is 44.8 Å². The molecule has 18 unspecified atom stereocenters. The maximum absolute atomic E-state index is 17.0. The topological polar surface area (TPSA) is 80.9 Å². The van der Waals surface area contributed by atoms with E-state index in [1.807, 2.05) is 55.7 Å². The van der Waals surface area contributed by atoms with Crippen molar-refractivity contribution in [2.75, 3.05) is 0 Å². The Hall–Kier alpha value is -2.76. The average Bonchev–Trinajstić information content (AvgIpc) is 1.58. The predicted octanol–water partition coefficient (Wildman–Crippen LogP) is 20.6. The highest BCUT2D eigenvalue weighted by Crippen LogP contribution is 2.85. The van der Waals surface area contributed by atoms with Crippen LogP contribution in [0.3, 0.4) is 0 Å². The van der Waals surface area contributed by atoms with Gasteiger partial charge in [-0.15, -0.1) is 0 Å². The first kappa shape index (κ1) is 58.1. The van der Waals surface area contributed by atoms with Gasteiger partial charge < -0.3 is 20.4 Å². The smallest absolute Gasteiger partial charge is 0.0805 e. The molecule has 4 N–H and O–H groups in total. The zero-order chi connectivity index (χ0) is 62.0. The lowest BCUT2D eigenvalue weighted by Gasteiger charge is -2.71. The van der Waals surface area contributed by atoms with E-state index in [0.29, 0.717) is 53.3 Å². The summed E-state index contributed by atoms with van der Waals surface area (Å²) in [5.74, 6) is 4.32. The van der Waals surface area contributed by atoms with Crippen LogP contribution in [0.4, 0.5) is 0 Å². The summed E-state index contributed by atoms with van der Waals surface area (Å²) in [6, 6.07) is 0. The average molecular weight is 1250 g/mol. The SMILES string of the molecule is CC1CCCC2(C3CC4=C5CC(=C3CCC4)C5C1)C(O)C13CC4=C5CCC(=C1C4)C5(CCCC3C)C(O)C13C4=C5CCC(=C1CC4)CC2(C5)C1CCCC3C(O)C2CCCC(C1C13CC(C)CCCC4(O)C/C5=C/1C/C3=C(/CCC5)C4)C1(C)CC3=C4CCC(=C1CC3)C42. The lowest BCUT2D eigenvalue weighted by molar-refractivity contribution is -0.214. The second-order valence-electron chi connectivity index (χ2n) is 39.3. The van der Waals surface area contributed by atoms with E-state index in [4.69, 9.17) is 0 Å². The van der Waals surface area contributed by atoms with Crippen LogP contribution in [-0.4, -0.2) is 44.3 Å². The van der Waals surface area contributed by atoms with Gasteiger partial charge in [-0.2, -0.15) is 0 Å². The maximum Gasteiger partial charge on any atom is 0.0805 e. The van der Waals surface area contributed by atoms with Crippen molar-refractivity contribution in [2.24, 2.45) is 103 Å². The summed E-state index contributed by atoms with van der Waals surface area (Å²) in [7, 11) is 0. The molecule has 0 radical (unpaired) electrons. The molecule has 11 saturated carbocycles. The van der Waals surface area contributed by atoms with Gasteiger partial charge in [0.25, 0.3) is 0 Å². The lowest BCUT2D eigenvalue weighted by Crippen LogP contribution is -2.68. The van der Waals surface area contributed by atoms with Gasteiger partial charge in [-0.1, -0.05) is 184 Å². The van der Waals surface area contributed by atoms with Crippen LogP contribution in [-0.2, 0) is 0 Å². The number of rotatable bonds is 1. The summed E-state index contributed by atoms with van der Waals surface area (Å²) in [5, 5.41) is 61.5. The fourth-order valence-electron chi connectivity index (χ4n) is 34.4. The van der Waals surface area contributed by atoms with E-state index in [1.54, 1.807) is 55.7 Å². The van der Waals surface area contributed by atoms with Gasteiger partial charge in [-0.3, -0.25) is 0 Å². The van der Waals surface area contributed by atoms with Gasteiger partial charge in [-0.05, 0) is 289 Å². The Morgan fingerprint density at radius 1 is 0.419 bits per heavy atom. The number of aliphatic hydroxyl groups excluding tert-OH is 3. The van der Waals surface area contributed by atoms with Gasteiger partial charge in [-0.25, -0.2) is 0 Å². The first-order chi connectivity index (χ1) is 45.1. The number of aliphatic hydroxyl groups is 4. The predicted molar refractivity (Wildman–Crippen MR) is 370 cm³/mol. The number of hydrogen-bond acceptors (Lipinski definition) is 4. The molecule has 34 bridgehead atoms. The third-order valence-corrected chi connectivity index (χ3v) is 37.0. The van der Waals surface area contributed by atoms with E-state index in [9.17, 15) is 5.11 Å². The Bertz CT molecular complexity index is 3730. The highest BCUT2D eigenvalue weighted by Gasteiger charge is 2.78. The second-order valence-corrected chi connectivity index (χ2v) is 39.3. The van der Waals surface area contributed by atoms with Gasteiger partial charge in [0.1, 0.15) is 0 Å². The van der Waals surface area contributed by atoms with Gasteiger partial charge in [0.2, 0.25) is 0 Å². The minimum atomic E-state index is -0.640. The lowest BCUT2D eigenvalue weighted by atomic mass is 9.33. The summed E-state index contributed by atoms with van der Waals surface area (Å²) < 4.78 is 0. The summed E-state index contributed by atoms with van der Waals surface area (Å²) in [6.07, 6.45) is 48.3. The molecule has 29 aliphatic rings. The molecule has 0 heterocycles. The third-order valence-electron chi connectivity index (χ3n) is 37.0. The number of allylic oxidation sites excluding steroid dienone is 13. The minimum Gasteiger partial charge on any atom is -0.392 e. The number of hydrogen-bond donors (Lipinski definition) is 4. The molecule has 11 fully saturated rings. The first-order valence-electron chi connectivity index (χ1n) is 41.0. The van der Waals surface area contributed by atoms with Crippen LogP contribution in [0.5, 0.6) is 0 Å². The van der Waals surface area contributed by atoms with Crippen LogP contribution in [0.25, 0.3) is 0 Å². The molecule has 496 valence electrons. The molecule has 0 amide bonds. The Balaban J connectivity index is 0.952. The zero-order valence-corrected chi connectivity index (χ0v) is 58.3. The largest absolute Gasteiger partial charge is 0.392 e. The summed E-state index contributed by atoms with van der Waals surface area (Å²) in [5.41, 5.74) is 33.2. The molecule has 93 heavy (non-hydrogen) atoms. The second kappa shape index (κ2) is 19.2. The van der Waals surface area contributed by atoms with Crippen molar-refractivity contribution in [2.45, 2.75) is 328 Å². The molecule has 0 saturated heterocycles. The molecule has 0 aromatic rings. The molecule has 29 aliphatic carbocycles.